The van der Waals surface area contributed by atoms with E-state index < -0.39 is 11.8 Å². The maximum atomic E-state index is 11.8. The average Bonchev–Trinajstić information content (AvgIpc) is 3.29. The van der Waals surface area contributed by atoms with Crippen LogP contribution in [-0.4, -0.2) is 56.3 Å². The van der Waals surface area contributed by atoms with E-state index in [0.717, 1.165) is 37.4 Å². The standard InChI is InChI=1S/C24H30N2O5/c1-24(23(27)28-2)30-15-19(16-31-24)14-18-8-10-21(11-9-18)29-17-20-6-5-13-26(20)22-7-3-4-12-25-22/h3-4,7-12,19-20H,5-6,13-17H2,1-2H3/t19-,20?,24-. The van der Waals surface area contributed by atoms with Gasteiger partial charge in [0.1, 0.15) is 18.2 Å². The second kappa shape index (κ2) is 9.66. The molecule has 166 valence electrons. The summed E-state index contributed by atoms with van der Waals surface area (Å²) in [6.07, 6.45) is 4.92. The number of anilines is 1. The molecule has 2 aliphatic heterocycles. The third-order valence-corrected chi connectivity index (χ3v) is 5.96. The Hall–Kier alpha value is -2.64. The molecule has 2 fully saturated rings. The van der Waals surface area contributed by atoms with Gasteiger partial charge in [-0.05, 0) is 49.1 Å². The van der Waals surface area contributed by atoms with Gasteiger partial charge < -0.3 is 23.8 Å². The molecule has 7 nitrogen and oxygen atoms in total. The minimum Gasteiger partial charge on any atom is -0.491 e. The molecule has 1 aromatic heterocycles. The summed E-state index contributed by atoms with van der Waals surface area (Å²) in [4.78, 5) is 18.6. The number of hydrogen-bond donors (Lipinski definition) is 0. The molecule has 0 bridgehead atoms. The lowest BCUT2D eigenvalue weighted by atomic mass is 9.99. The number of methoxy groups -OCH3 is 1. The Morgan fingerprint density at radius 3 is 2.65 bits per heavy atom. The van der Waals surface area contributed by atoms with E-state index in [1.165, 1.54) is 12.7 Å². The van der Waals surface area contributed by atoms with Gasteiger partial charge in [0.15, 0.2) is 0 Å². The van der Waals surface area contributed by atoms with Gasteiger partial charge in [-0.1, -0.05) is 18.2 Å². The fraction of sp³-hybridized carbons (Fsp3) is 0.500. The summed E-state index contributed by atoms with van der Waals surface area (Å²) in [5, 5.41) is 0. The van der Waals surface area contributed by atoms with Crippen molar-refractivity contribution in [2.24, 2.45) is 5.92 Å². The Morgan fingerprint density at radius 1 is 1.19 bits per heavy atom. The molecule has 1 unspecified atom stereocenters. The first-order valence-electron chi connectivity index (χ1n) is 10.8. The number of carbonyl (C=O) groups is 1. The largest absolute Gasteiger partial charge is 0.491 e. The zero-order chi connectivity index (χ0) is 21.7. The van der Waals surface area contributed by atoms with Gasteiger partial charge in [0.05, 0.1) is 26.4 Å². The SMILES string of the molecule is COC(=O)[C@]1(C)OC[C@@H](Cc2ccc(OCC3CCCN3c3ccccn3)cc2)CO1. The van der Waals surface area contributed by atoms with E-state index in [4.69, 9.17) is 18.9 Å². The molecule has 31 heavy (non-hydrogen) atoms. The van der Waals surface area contributed by atoms with Crippen LogP contribution in [-0.2, 0) is 25.4 Å². The molecule has 0 amide bonds. The zero-order valence-corrected chi connectivity index (χ0v) is 18.2. The molecular formula is C24H30N2O5. The van der Waals surface area contributed by atoms with E-state index >= 15 is 0 Å². The fourth-order valence-electron chi connectivity index (χ4n) is 4.15. The summed E-state index contributed by atoms with van der Waals surface area (Å²) in [5.41, 5.74) is 1.18. The Bertz CT molecular complexity index is 850. The molecule has 7 heteroatoms. The highest BCUT2D eigenvalue weighted by Crippen LogP contribution is 2.27. The Morgan fingerprint density at radius 2 is 1.97 bits per heavy atom. The Balaban J connectivity index is 1.26. The van der Waals surface area contributed by atoms with Crippen molar-refractivity contribution in [3.63, 3.8) is 0 Å². The average molecular weight is 427 g/mol. The molecule has 2 saturated heterocycles. The topological polar surface area (TPSA) is 70.1 Å². The van der Waals surface area contributed by atoms with Crippen LogP contribution in [0.1, 0.15) is 25.3 Å². The summed E-state index contributed by atoms with van der Waals surface area (Å²) in [7, 11) is 1.33. The van der Waals surface area contributed by atoms with Crippen molar-refractivity contribution in [3.05, 3.63) is 54.2 Å². The van der Waals surface area contributed by atoms with E-state index in [0.29, 0.717) is 25.9 Å². The first-order chi connectivity index (χ1) is 15.1. The van der Waals surface area contributed by atoms with Crippen molar-refractivity contribution < 1.29 is 23.7 Å². The third-order valence-electron chi connectivity index (χ3n) is 5.96. The van der Waals surface area contributed by atoms with Gasteiger partial charge in [-0.3, -0.25) is 0 Å². The van der Waals surface area contributed by atoms with Gasteiger partial charge in [0, 0.05) is 25.6 Å². The molecule has 1 atom stereocenters. The monoisotopic (exact) mass is 426 g/mol. The molecule has 2 aliphatic rings. The quantitative estimate of drug-likeness (QED) is 0.630. The number of carbonyl (C=O) groups excluding carboxylic acids is 1. The van der Waals surface area contributed by atoms with Crippen LogP contribution in [0.3, 0.4) is 0 Å². The number of esters is 1. The van der Waals surface area contributed by atoms with Crippen molar-refractivity contribution >= 4 is 11.8 Å². The summed E-state index contributed by atoms with van der Waals surface area (Å²) in [5.74, 6) is 0.272. The van der Waals surface area contributed by atoms with Crippen LogP contribution in [0.5, 0.6) is 5.75 Å². The molecule has 3 heterocycles. The highest BCUT2D eigenvalue weighted by atomic mass is 16.7. The molecule has 1 aromatic carbocycles. The normalized spacial score (nSPS) is 25.9. The summed E-state index contributed by atoms with van der Waals surface area (Å²) >= 11 is 0. The predicted octanol–water partition coefficient (Wildman–Crippen LogP) is 3.22. The lowest BCUT2D eigenvalue weighted by Gasteiger charge is -2.35. The smallest absolute Gasteiger partial charge is 0.366 e. The second-order valence-corrected chi connectivity index (χ2v) is 8.26. The number of ether oxygens (including phenoxy) is 4. The minimum atomic E-state index is -1.30. The molecule has 0 aliphatic carbocycles. The van der Waals surface area contributed by atoms with Crippen LogP contribution in [0, 0.1) is 5.92 Å². The van der Waals surface area contributed by atoms with Crippen LogP contribution in [0.15, 0.2) is 48.7 Å². The Labute approximate surface area is 183 Å². The van der Waals surface area contributed by atoms with Crippen molar-refractivity contribution in [2.45, 2.75) is 38.0 Å². The number of benzene rings is 1. The first kappa shape index (κ1) is 21.6. The number of hydrogen-bond acceptors (Lipinski definition) is 7. The van der Waals surface area contributed by atoms with Crippen LogP contribution in [0.2, 0.25) is 0 Å². The molecule has 2 aromatic rings. The van der Waals surface area contributed by atoms with E-state index in [-0.39, 0.29) is 5.92 Å². The van der Waals surface area contributed by atoms with Gasteiger partial charge in [-0.2, -0.15) is 0 Å². The van der Waals surface area contributed by atoms with Crippen molar-refractivity contribution in [2.75, 3.05) is 38.4 Å². The third kappa shape index (κ3) is 5.17. The van der Waals surface area contributed by atoms with E-state index in [9.17, 15) is 4.79 Å². The number of rotatable bonds is 7. The van der Waals surface area contributed by atoms with Crippen LogP contribution >= 0.6 is 0 Å². The van der Waals surface area contributed by atoms with E-state index in [2.05, 4.69) is 28.1 Å². The van der Waals surface area contributed by atoms with Gasteiger partial charge in [0.2, 0.25) is 0 Å². The molecule has 0 N–H and O–H groups in total. The van der Waals surface area contributed by atoms with Crippen molar-refractivity contribution in [3.8, 4) is 5.75 Å². The maximum absolute atomic E-state index is 11.8. The van der Waals surface area contributed by atoms with Crippen LogP contribution in [0.25, 0.3) is 0 Å². The molecule has 4 rings (SSSR count). The van der Waals surface area contributed by atoms with Gasteiger partial charge in [-0.15, -0.1) is 0 Å². The van der Waals surface area contributed by atoms with Gasteiger partial charge in [0.25, 0.3) is 5.79 Å². The van der Waals surface area contributed by atoms with E-state index in [1.807, 2.05) is 30.5 Å². The number of pyridine rings is 1. The predicted molar refractivity (Wildman–Crippen MR) is 116 cm³/mol. The van der Waals surface area contributed by atoms with Gasteiger partial charge >= 0.3 is 5.97 Å². The lowest BCUT2D eigenvalue weighted by molar-refractivity contribution is -0.272. The highest BCUT2D eigenvalue weighted by Gasteiger charge is 2.41. The molecule has 0 saturated carbocycles. The molecule has 0 spiro atoms. The van der Waals surface area contributed by atoms with Crippen LogP contribution < -0.4 is 9.64 Å². The second-order valence-electron chi connectivity index (χ2n) is 8.26. The van der Waals surface area contributed by atoms with Gasteiger partial charge in [-0.25, -0.2) is 9.78 Å². The zero-order valence-electron chi connectivity index (χ0n) is 18.2. The maximum Gasteiger partial charge on any atom is 0.366 e. The first-order valence-corrected chi connectivity index (χ1v) is 10.8. The minimum absolute atomic E-state index is 0.190. The Kier molecular flexibility index (Phi) is 6.73. The molecular weight excluding hydrogens is 396 g/mol. The fourth-order valence-corrected chi connectivity index (χ4v) is 4.15. The van der Waals surface area contributed by atoms with E-state index in [1.54, 1.807) is 6.92 Å². The summed E-state index contributed by atoms with van der Waals surface area (Å²) in [6.45, 7) is 4.17. The summed E-state index contributed by atoms with van der Waals surface area (Å²) in [6, 6.07) is 14.5. The van der Waals surface area contributed by atoms with Crippen molar-refractivity contribution in [1.82, 2.24) is 4.98 Å². The molecule has 0 radical (unpaired) electrons. The highest BCUT2D eigenvalue weighted by molar-refractivity contribution is 5.77. The lowest BCUT2D eigenvalue weighted by Crippen LogP contribution is -2.48. The number of aromatic nitrogens is 1. The summed E-state index contributed by atoms with van der Waals surface area (Å²) < 4.78 is 22.1. The van der Waals surface area contributed by atoms with Crippen molar-refractivity contribution in [1.29, 1.82) is 0 Å². The van der Waals surface area contributed by atoms with Crippen LogP contribution in [0.4, 0.5) is 5.82 Å². The number of nitrogens with zero attached hydrogens (tertiary/aromatic N) is 2.